The van der Waals surface area contributed by atoms with E-state index in [0.29, 0.717) is 17.1 Å². The third kappa shape index (κ3) is 3.20. The first-order chi connectivity index (χ1) is 10.5. The summed E-state index contributed by atoms with van der Waals surface area (Å²) >= 11 is 0. The average molecular weight is 322 g/mol. The first kappa shape index (κ1) is 16.3. The molecule has 1 N–H and O–H groups in total. The summed E-state index contributed by atoms with van der Waals surface area (Å²) in [5.41, 5.74) is 1.02. The van der Waals surface area contributed by atoms with E-state index in [0.717, 1.165) is 4.31 Å². The van der Waals surface area contributed by atoms with Crippen LogP contribution in [0.3, 0.4) is 0 Å². The fourth-order valence-electron chi connectivity index (χ4n) is 2.08. The van der Waals surface area contributed by atoms with Crippen LogP contribution in [0, 0.1) is 6.92 Å². The van der Waals surface area contributed by atoms with Crippen molar-refractivity contribution in [3.05, 3.63) is 48.2 Å². The molecule has 0 aliphatic rings. The van der Waals surface area contributed by atoms with Gasteiger partial charge in [0.1, 0.15) is 0 Å². The number of aliphatic hydroxyl groups is 1. The smallest absolute Gasteiger partial charge is 0.264 e. The van der Waals surface area contributed by atoms with Crippen molar-refractivity contribution in [2.24, 2.45) is 0 Å². The number of aromatic nitrogens is 1. The maximum Gasteiger partial charge on any atom is 0.264 e. The van der Waals surface area contributed by atoms with Crippen LogP contribution in [0.5, 0.6) is 5.88 Å². The van der Waals surface area contributed by atoms with Gasteiger partial charge in [-0.05, 0) is 24.6 Å². The highest BCUT2D eigenvalue weighted by Gasteiger charge is 2.26. The summed E-state index contributed by atoms with van der Waals surface area (Å²) in [5.74, 6) is 0.390. The molecule has 0 radical (unpaired) electrons. The summed E-state index contributed by atoms with van der Waals surface area (Å²) in [6.07, 6.45) is 1.41. The lowest BCUT2D eigenvalue weighted by atomic mass is 10.2. The van der Waals surface area contributed by atoms with Crippen molar-refractivity contribution < 1.29 is 18.3 Å². The normalized spacial score (nSPS) is 11.2. The van der Waals surface area contributed by atoms with Gasteiger partial charge in [-0.25, -0.2) is 13.4 Å². The highest BCUT2D eigenvalue weighted by molar-refractivity contribution is 7.92. The number of nitrogens with zero attached hydrogens (tertiary/aromatic N) is 2. The average Bonchev–Trinajstić information content (AvgIpc) is 2.53. The van der Waals surface area contributed by atoms with Crippen molar-refractivity contribution in [1.29, 1.82) is 0 Å². The van der Waals surface area contributed by atoms with Crippen LogP contribution in [0.15, 0.2) is 47.5 Å². The van der Waals surface area contributed by atoms with Gasteiger partial charge in [-0.2, -0.15) is 0 Å². The van der Waals surface area contributed by atoms with Gasteiger partial charge in [-0.3, -0.25) is 4.31 Å². The van der Waals surface area contributed by atoms with E-state index in [9.17, 15) is 13.5 Å². The summed E-state index contributed by atoms with van der Waals surface area (Å²) in [6.45, 7) is 1.39. The van der Waals surface area contributed by atoms with E-state index in [4.69, 9.17) is 4.74 Å². The largest absolute Gasteiger partial charge is 0.481 e. The molecule has 0 aliphatic carbocycles. The minimum atomic E-state index is -3.77. The SMILES string of the molecule is COc1ccc(N(CCO)S(=O)(=O)c2ccccc2C)cn1. The fourth-order valence-corrected chi connectivity index (χ4v) is 3.75. The second-order valence-corrected chi connectivity index (χ2v) is 6.46. The van der Waals surface area contributed by atoms with Crippen LogP contribution >= 0.6 is 0 Å². The van der Waals surface area contributed by atoms with E-state index in [1.165, 1.54) is 13.3 Å². The molecule has 2 aromatic rings. The van der Waals surface area contributed by atoms with Crippen LogP contribution in [0.25, 0.3) is 0 Å². The molecule has 1 aromatic carbocycles. The molecule has 0 unspecified atom stereocenters. The highest BCUT2D eigenvalue weighted by Crippen LogP contribution is 2.25. The summed E-state index contributed by atoms with van der Waals surface area (Å²) in [6, 6.07) is 9.90. The van der Waals surface area contributed by atoms with Gasteiger partial charge in [0.2, 0.25) is 5.88 Å². The Morgan fingerprint density at radius 3 is 2.50 bits per heavy atom. The molecular weight excluding hydrogens is 304 g/mol. The van der Waals surface area contributed by atoms with Gasteiger partial charge in [-0.15, -0.1) is 0 Å². The molecule has 0 saturated heterocycles. The molecule has 0 fully saturated rings. The Labute approximate surface area is 130 Å². The van der Waals surface area contributed by atoms with Crippen molar-refractivity contribution in [2.75, 3.05) is 24.6 Å². The molecule has 0 aliphatic heterocycles. The lowest BCUT2D eigenvalue weighted by Gasteiger charge is -2.24. The Morgan fingerprint density at radius 1 is 1.23 bits per heavy atom. The third-order valence-corrected chi connectivity index (χ3v) is 5.17. The molecular formula is C15H18N2O4S. The second kappa shape index (κ2) is 6.76. The monoisotopic (exact) mass is 322 g/mol. The van der Waals surface area contributed by atoms with Crippen molar-refractivity contribution in [2.45, 2.75) is 11.8 Å². The van der Waals surface area contributed by atoms with E-state index < -0.39 is 10.0 Å². The van der Waals surface area contributed by atoms with Crippen LogP contribution < -0.4 is 9.04 Å². The van der Waals surface area contributed by atoms with Crippen molar-refractivity contribution in [3.63, 3.8) is 0 Å². The van der Waals surface area contributed by atoms with Gasteiger partial charge in [0.25, 0.3) is 10.0 Å². The van der Waals surface area contributed by atoms with E-state index in [1.54, 1.807) is 43.3 Å². The number of ether oxygens (including phenoxy) is 1. The fraction of sp³-hybridized carbons (Fsp3) is 0.267. The number of aryl methyl sites for hydroxylation is 1. The first-order valence-electron chi connectivity index (χ1n) is 6.70. The van der Waals surface area contributed by atoms with Crippen LogP contribution in [-0.2, 0) is 10.0 Å². The lowest BCUT2D eigenvalue weighted by Crippen LogP contribution is -2.34. The number of pyridine rings is 1. The standard InChI is InChI=1S/C15H18N2O4S/c1-12-5-3-4-6-14(12)22(19,20)17(9-10-18)13-7-8-15(21-2)16-11-13/h3-8,11,18H,9-10H2,1-2H3. The Bertz CT molecular complexity index is 729. The molecule has 118 valence electrons. The van der Waals surface area contributed by atoms with Gasteiger partial charge in [-0.1, -0.05) is 18.2 Å². The highest BCUT2D eigenvalue weighted by atomic mass is 32.2. The molecule has 0 spiro atoms. The number of benzene rings is 1. The van der Waals surface area contributed by atoms with E-state index in [1.807, 2.05) is 0 Å². The molecule has 0 amide bonds. The second-order valence-electron chi connectivity index (χ2n) is 4.63. The Balaban J connectivity index is 2.48. The Morgan fingerprint density at radius 2 is 1.95 bits per heavy atom. The van der Waals surface area contributed by atoms with Crippen LogP contribution in [0.1, 0.15) is 5.56 Å². The number of anilines is 1. The maximum absolute atomic E-state index is 12.9. The van der Waals surface area contributed by atoms with Gasteiger partial charge in [0.15, 0.2) is 0 Å². The number of methoxy groups -OCH3 is 1. The zero-order valence-corrected chi connectivity index (χ0v) is 13.2. The predicted molar refractivity (Wildman–Crippen MR) is 83.6 cm³/mol. The number of hydrogen-bond acceptors (Lipinski definition) is 5. The summed E-state index contributed by atoms with van der Waals surface area (Å²) in [5, 5.41) is 9.23. The van der Waals surface area contributed by atoms with E-state index in [-0.39, 0.29) is 18.0 Å². The van der Waals surface area contributed by atoms with Crippen molar-refractivity contribution in [3.8, 4) is 5.88 Å². The van der Waals surface area contributed by atoms with Crippen LogP contribution in [0.4, 0.5) is 5.69 Å². The molecule has 1 heterocycles. The molecule has 7 heteroatoms. The third-order valence-electron chi connectivity index (χ3n) is 3.18. The first-order valence-corrected chi connectivity index (χ1v) is 8.14. The van der Waals surface area contributed by atoms with Crippen LogP contribution in [0.2, 0.25) is 0 Å². The molecule has 0 saturated carbocycles. The lowest BCUT2D eigenvalue weighted by molar-refractivity contribution is 0.306. The summed E-state index contributed by atoms with van der Waals surface area (Å²) in [4.78, 5) is 4.23. The Hall–Kier alpha value is -2.12. The molecule has 6 nitrogen and oxygen atoms in total. The number of sulfonamides is 1. The van der Waals surface area contributed by atoms with Gasteiger partial charge >= 0.3 is 0 Å². The zero-order chi connectivity index (χ0) is 16.2. The van der Waals surface area contributed by atoms with Gasteiger partial charge in [0.05, 0.1) is 37.0 Å². The zero-order valence-electron chi connectivity index (χ0n) is 12.4. The summed E-state index contributed by atoms with van der Waals surface area (Å²) in [7, 11) is -2.29. The van der Waals surface area contributed by atoms with Crippen LogP contribution in [-0.4, -0.2) is 38.8 Å². The topological polar surface area (TPSA) is 79.7 Å². The minimum Gasteiger partial charge on any atom is -0.481 e. The molecule has 22 heavy (non-hydrogen) atoms. The molecule has 1 aromatic heterocycles. The van der Waals surface area contributed by atoms with Gasteiger partial charge in [0, 0.05) is 6.07 Å². The number of aliphatic hydroxyl groups excluding tert-OH is 1. The van der Waals surface area contributed by atoms with E-state index >= 15 is 0 Å². The van der Waals surface area contributed by atoms with Gasteiger partial charge < -0.3 is 9.84 Å². The molecule has 0 bridgehead atoms. The molecule has 0 atom stereocenters. The summed E-state index contributed by atoms with van der Waals surface area (Å²) < 4.78 is 31.8. The van der Waals surface area contributed by atoms with Crippen molar-refractivity contribution in [1.82, 2.24) is 4.98 Å². The minimum absolute atomic E-state index is 0.0509. The number of hydrogen-bond donors (Lipinski definition) is 1. The number of rotatable bonds is 6. The molecule has 2 rings (SSSR count). The van der Waals surface area contributed by atoms with Crippen molar-refractivity contribution >= 4 is 15.7 Å². The Kier molecular flexibility index (Phi) is 4.99. The quantitative estimate of drug-likeness (QED) is 0.873. The predicted octanol–water partition coefficient (Wildman–Crippen LogP) is 1.59. The maximum atomic E-state index is 12.9. The van der Waals surface area contributed by atoms with E-state index in [2.05, 4.69) is 4.98 Å².